The highest BCUT2D eigenvalue weighted by molar-refractivity contribution is 7.91. The number of nitrogens with one attached hydrogen (secondary N) is 1. The van der Waals surface area contributed by atoms with Crippen LogP contribution >= 0.6 is 0 Å². The molecule has 8 heteroatoms. The Morgan fingerprint density at radius 3 is 2.59 bits per heavy atom. The van der Waals surface area contributed by atoms with Crippen LogP contribution in [-0.2, 0) is 21.1 Å². The van der Waals surface area contributed by atoms with E-state index in [4.69, 9.17) is 0 Å². The molecule has 2 aliphatic heterocycles. The fourth-order valence-corrected chi connectivity index (χ4v) is 5.58. The number of likely N-dealkylation sites (N-methyl/N-ethyl adjacent to an activating group) is 1. The second-order valence-electron chi connectivity index (χ2n) is 6.37. The van der Waals surface area contributed by atoms with Gasteiger partial charge in [0.15, 0.2) is 9.84 Å². The molecule has 122 valence electrons. The number of sulfone groups is 1. The topological polar surface area (TPSA) is 86.4 Å². The van der Waals surface area contributed by atoms with Crippen LogP contribution in [-0.4, -0.2) is 78.0 Å². The molecule has 1 amide bonds. The number of piperazine rings is 1. The van der Waals surface area contributed by atoms with Crippen molar-refractivity contribution in [2.75, 3.05) is 31.6 Å². The van der Waals surface area contributed by atoms with Gasteiger partial charge in [0.05, 0.1) is 29.7 Å². The van der Waals surface area contributed by atoms with Gasteiger partial charge in [0.25, 0.3) is 0 Å². The molecule has 3 rings (SSSR count). The van der Waals surface area contributed by atoms with Crippen molar-refractivity contribution in [3.63, 3.8) is 0 Å². The van der Waals surface area contributed by atoms with Crippen molar-refractivity contribution < 1.29 is 13.2 Å². The van der Waals surface area contributed by atoms with Crippen LogP contribution in [0.15, 0.2) is 0 Å². The minimum atomic E-state index is -3.06. The van der Waals surface area contributed by atoms with Gasteiger partial charge in [-0.25, -0.2) is 8.42 Å². The highest BCUT2D eigenvalue weighted by Crippen LogP contribution is 2.26. The van der Waals surface area contributed by atoms with E-state index >= 15 is 0 Å². The maximum atomic E-state index is 12.7. The quantitative estimate of drug-likeness (QED) is 0.792. The Morgan fingerprint density at radius 2 is 1.95 bits per heavy atom. The molecule has 2 atom stereocenters. The monoisotopic (exact) mass is 326 g/mol. The average Bonchev–Trinajstić information content (AvgIpc) is 2.92. The normalized spacial score (nSPS) is 27.9. The predicted molar refractivity (Wildman–Crippen MR) is 82.3 cm³/mol. The van der Waals surface area contributed by atoms with Crippen LogP contribution in [0.25, 0.3) is 0 Å². The van der Waals surface area contributed by atoms with Crippen LogP contribution in [0.3, 0.4) is 0 Å². The number of hydrogen-bond donors (Lipinski definition) is 1. The molecule has 1 N–H and O–H groups in total. The van der Waals surface area contributed by atoms with Crippen molar-refractivity contribution in [3.05, 3.63) is 17.0 Å². The van der Waals surface area contributed by atoms with Gasteiger partial charge in [-0.3, -0.25) is 14.8 Å². The first kappa shape index (κ1) is 15.5. The summed E-state index contributed by atoms with van der Waals surface area (Å²) >= 11 is 0. The summed E-state index contributed by atoms with van der Waals surface area (Å²) in [6, 6.07) is -0.294. The standard InChI is InChI=1S/C14H22N4O3S/c1-9-11(10(2)16-15-9)6-14(19)18-5-4-17(3)12-7-22(20,21)8-13(12)18/h12-13H,4-8H2,1-3H3,(H,15,16)/t12-,13+/m0/s1. The minimum absolute atomic E-state index is 0.00667. The van der Waals surface area contributed by atoms with Crippen LogP contribution in [0, 0.1) is 13.8 Å². The molecule has 1 aromatic rings. The number of amides is 1. The van der Waals surface area contributed by atoms with Crippen molar-refractivity contribution in [2.24, 2.45) is 0 Å². The first-order chi connectivity index (χ1) is 10.3. The fourth-order valence-electron chi connectivity index (χ4n) is 3.52. The van der Waals surface area contributed by atoms with Gasteiger partial charge < -0.3 is 4.90 Å². The van der Waals surface area contributed by atoms with E-state index in [0.29, 0.717) is 13.1 Å². The Hall–Kier alpha value is -1.41. The van der Waals surface area contributed by atoms with Gasteiger partial charge in [-0.1, -0.05) is 0 Å². The summed E-state index contributed by atoms with van der Waals surface area (Å²) in [5, 5.41) is 7.00. The molecule has 0 bridgehead atoms. The molecule has 3 heterocycles. The highest BCUT2D eigenvalue weighted by atomic mass is 32.2. The first-order valence-electron chi connectivity index (χ1n) is 7.49. The fraction of sp³-hybridized carbons (Fsp3) is 0.714. The largest absolute Gasteiger partial charge is 0.336 e. The van der Waals surface area contributed by atoms with E-state index < -0.39 is 9.84 Å². The lowest BCUT2D eigenvalue weighted by atomic mass is 10.0. The van der Waals surface area contributed by atoms with Gasteiger partial charge >= 0.3 is 0 Å². The lowest BCUT2D eigenvalue weighted by molar-refractivity contribution is -0.135. The lowest BCUT2D eigenvalue weighted by Gasteiger charge is -2.42. The number of rotatable bonds is 2. The number of carbonyl (C=O) groups is 1. The predicted octanol–water partition coefficient (Wildman–Crippen LogP) is -0.491. The van der Waals surface area contributed by atoms with E-state index in [2.05, 4.69) is 15.1 Å². The minimum Gasteiger partial charge on any atom is -0.336 e. The Kier molecular flexibility index (Phi) is 3.76. The van der Waals surface area contributed by atoms with Crippen LogP contribution in [0.2, 0.25) is 0 Å². The molecule has 1 aromatic heterocycles. The maximum Gasteiger partial charge on any atom is 0.227 e. The summed E-state index contributed by atoms with van der Waals surface area (Å²) in [4.78, 5) is 16.5. The molecule has 0 saturated carbocycles. The molecule has 0 radical (unpaired) electrons. The highest BCUT2D eigenvalue weighted by Gasteiger charge is 2.46. The van der Waals surface area contributed by atoms with Crippen molar-refractivity contribution in [3.8, 4) is 0 Å². The van der Waals surface area contributed by atoms with E-state index in [0.717, 1.165) is 17.0 Å². The molecule has 0 unspecified atom stereocenters. The Balaban J connectivity index is 1.81. The van der Waals surface area contributed by atoms with E-state index in [1.165, 1.54) is 0 Å². The Labute approximate surface area is 130 Å². The molecular weight excluding hydrogens is 304 g/mol. The number of nitrogens with zero attached hydrogens (tertiary/aromatic N) is 3. The SMILES string of the molecule is Cc1n[nH]c(C)c1CC(=O)N1CCN(C)[C@H]2CS(=O)(=O)C[C@H]21. The van der Waals surface area contributed by atoms with Crippen LogP contribution in [0.4, 0.5) is 0 Å². The van der Waals surface area contributed by atoms with E-state index in [9.17, 15) is 13.2 Å². The molecule has 7 nitrogen and oxygen atoms in total. The average molecular weight is 326 g/mol. The molecule has 2 fully saturated rings. The molecule has 0 aromatic carbocycles. The van der Waals surface area contributed by atoms with Crippen molar-refractivity contribution in [1.82, 2.24) is 20.0 Å². The number of aromatic nitrogens is 2. The van der Waals surface area contributed by atoms with Crippen molar-refractivity contribution in [1.29, 1.82) is 0 Å². The van der Waals surface area contributed by atoms with Crippen LogP contribution < -0.4 is 0 Å². The van der Waals surface area contributed by atoms with Gasteiger partial charge in [0, 0.05) is 30.4 Å². The molecule has 2 aliphatic rings. The maximum absolute atomic E-state index is 12.7. The lowest BCUT2D eigenvalue weighted by Crippen LogP contribution is -2.59. The third-order valence-electron chi connectivity index (χ3n) is 4.88. The van der Waals surface area contributed by atoms with Gasteiger partial charge in [0.1, 0.15) is 0 Å². The smallest absolute Gasteiger partial charge is 0.227 e. The molecule has 0 spiro atoms. The number of fused-ring (bicyclic) bond motifs is 1. The zero-order valence-corrected chi connectivity index (χ0v) is 14.0. The number of carbonyl (C=O) groups excluding carboxylic acids is 1. The molecule has 22 heavy (non-hydrogen) atoms. The summed E-state index contributed by atoms with van der Waals surface area (Å²) in [5.41, 5.74) is 2.65. The zero-order chi connectivity index (χ0) is 16.1. The van der Waals surface area contributed by atoms with E-state index in [1.54, 1.807) is 4.90 Å². The summed E-state index contributed by atoms with van der Waals surface area (Å²) in [6.07, 6.45) is 0.279. The third-order valence-corrected chi connectivity index (χ3v) is 6.58. The molecule has 2 saturated heterocycles. The third kappa shape index (κ3) is 2.65. The number of aromatic amines is 1. The Morgan fingerprint density at radius 1 is 1.27 bits per heavy atom. The van der Waals surface area contributed by atoms with Gasteiger partial charge in [-0.05, 0) is 20.9 Å². The van der Waals surface area contributed by atoms with Gasteiger partial charge in [-0.2, -0.15) is 5.10 Å². The summed E-state index contributed by atoms with van der Waals surface area (Å²) < 4.78 is 23.9. The summed E-state index contributed by atoms with van der Waals surface area (Å²) in [6.45, 7) is 5.07. The number of H-pyrrole nitrogens is 1. The van der Waals surface area contributed by atoms with E-state index in [1.807, 2.05) is 20.9 Å². The molecule has 0 aliphatic carbocycles. The van der Waals surface area contributed by atoms with Crippen LogP contribution in [0.1, 0.15) is 17.0 Å². The van der Waals surface area contributed by atoms with Gasteiger partial charge in [0.2, 0.25) is 5.91 Å². The number of hydrogen-bond acceptors (Lipinski definition) is 5. The number of aryl methyl sites for hydroxylation is 2. The second-order valence-corrected chi connectivity index (χ2v) is 8.52. The zero-order valence-electron chi connectivity index (χ0n) is 13.2. The van der Waals surface area contributed by atoms with Crippen molar-refractivity contribution >= 4 is 15.7 Å². The first-order valence-corrected chi connectivity index (χ1v) is 9.31. The van der Waals surface area contributed by atoms with Crippen LogP contribution in [0.5, 0.6) is 0 Å². The molecular formula is C14H22N4O3S. The van der Waals surface area contributed by atoms with Crippen molar-refractivity contribution in [2.45, 2.75) is 32.4 Å². The Bertz CT molecular complexity index is 677. The van der Waals surface area contributed by atoms with E-state index in [-0.39, 0.29) is 35.9 Å². The van der Waals surface area contributed by atoms with Gasteiger partial charge in [-0.15, -0.1) is 0 Å². The second kappa shape index (κ2) is 5.34. The summed E-state index contributed by atoms with van der Waals surface area (Å²) in [5.74, 6) is 0.228. The summed E-state index contributed by atoms with van der Waals surface area (Å²) in [7, 11) is -1.13.